The lowest BCUT2D eigenvalue weighted by Gasteiger charge is -2.24. The van der Waals surface area contributed by atoms with Gasteiger partial charge in [0.25, 0.3) is 11.5 Å². The molecule has 0 aliphatic rings. The van der Waals surface area contributed by atoms with E-state index < -0.39 is 5.91 Å². The Hall–Kier alpha value is -2.22. The number of methoxy groups -OCH3 is 1. The van der Waals surface area contributed by atoms with Gasteiger partial charge in [0.1, 0.15) is 5.69 Å². The van der Waals surface area contributed by atoms with Crippen LogP contribution in [0.5, 0.6) is 0 Å². The highest BCUT2D eigenvalue weighted by atomic mass is 16.5. The van der Waals surface area contributed by atoms with E-state index in [9.17, 15) is 14.4 Å². The van der Waals surface area contributed by atoms with Gasteiger partial charge in [0.05, 0.1) is 19.7 Å². The van der Waals surface area contributed by atoms with E-state index in [1.165, 1.54) is 28.8 Å². The fourth-order valence-electron chi connectivity index (χ4n) is 2.02. The maximum atomic E-state index is 12.6. The number of carbonyl (C=O) groups is 2. The minimum Gasteiger partial charge on any atom is -0.383 e. The zero-order valence-corrected chi connectivity index (χ0v) is 15.0. The van der Waals surface area contributed by atoms with Gasteiger partial charge in [-0.15, -0.1) is 0 Å². The van der Waals surface area contributed by atoms with E-state index in [0.717, 1.165) is 0 Å². The van der Waals surface area contributed by atoms with E-state index in [-0.39, 0.29) is 35.8 Å². The van der Waals surface area contributed by atoms with Gasteiger partial charge < -0.3 is 15.0 Å². The number of amides is 2. The van der Waals surface area contributed by atoms with Crippen LogP contribution < -0.4 is 10.9 Å². The molecular weight excluding hydrogens is 312 g/mol. The minimum atomic E-state index is -0.396. The van der Waals surface area contributed by atoms with E-state index in [2.05, 4.69) is 10.4 Å². The van der Waals surface area contributed by atoms with E-state index in [4.69, 9.17) is 4.74 Å². The summed E-state index contributed by atoms with van der Waals surface area (Å²) in [4.78, 5) is 37.7. The maximum Gasteiger partial charge on any atom is 0.274 e. The number of likely N-dealkylation sites (N-methyl/N-ethyl adjacent to an activating group) is 1. The summed E-state index contributed by atoms with van der Waals surface area (Å²) in [5, 5.41) is 6.88. The van der Waals surface area contributed by atoms with Gasteiger partial charge in [-0.1, -0.05) is 0 Å². The number of rotatable bonds is 7. The molecule has 24 heavy (non-hydrogen) atoms. The molecule has 0 radical (unpaired) electrons. The molecular formula is C16H26N4O4. The first kappa shape index (κ1) is 19.8. The third-order valence-electron chi connectivity index (χ3n) is 3.11. The monoisotopic (exact) mass is 338 g/mol. The Bertz CT molecular complexity index is 634. The fourth-order valence-corrected chi connectivity index (χ4v) is 2.02. The lowest BCUT2D eigenvalue weighted by atomic mass is 10.1. The summed E-state index contributed by atoms with van der Waals surface area (Å²) in [5.74, 6) is -0.641. The predicted octanol–water partition coefficient (Wildman–Crippen LogP) is 0.267. The second-order valence-electron chi connectivity index (χ2n) is 6.39. The molecule has 1 aromatic heterocycles. The topological polar surface area (TPSA) is 93.5 Å². The molecule has 8 nitrogen and oxygen atoms in total. The van der Waals surface area contributed by atoms with Gasteiger partial charge in [0.2, 0.25) is 5.91 Å². The number of nitrogens with one attached hydrogen (secondary N) is 1. The van der Waals surface area contributed by atoms with Crippen LogP contribution in [0.3, 0.4) is 0 Å². The predicted molar refractivity (Wildman–Crippen MR) is 89.8 cm³/mol. The summed E-state index contributed by atoms with van der Waals surface area (Å²) >= 11 is 0. The van der Waals surface area contributed by atoms with Crippen molar-refractivity contribution in [1.29, 1.82) is 0 Å². The van der Waals surface area contributed by atoms with Crippen molar-refractivity contribution in [2.75, 3.05) is 26.8 Å². The molecule has 0 unspecified atom stereocenters. The molecule has 1 aromatic rings. The summed E-state index contributed by atoms with van der Waals surface area (Å²) in [6.07, 6.45) is 0. The Morgan fingerprint density at radius 1 is 1.33 bits per heavy atom. The van der Waals surface area contributed by atoms with Gasteiger partial charge in [-0.2, -0.15) is 5.10 Å². The molecule has 0 saturated carbocycles. The molecule has 1 rings (SSSR count). The average Bonchev–Trinajstić information content (AvgIpc) is 2.49. The molecule has 0 aliphatic heterocycles. The van der Waals surface area contributed by atoms with Gasteiger partial charge >= 0.3 is 0 Å². The molecule has 134 valence electrons. The van der Waals surface area contributed by atoms with Crippen molar-refractivity contribution in [3.63, 3.8) is 0 Å². The van der Waals surface area contributed by atoms with Crippen molar-refractivity contribution < 1.29 is 14.3 Å². The smallest absolute Gasteiger partial charge is 0.274 e. The Morgan fingerprint density at radius 2 is 2.00 bits per heavy atom. The van der Waals surface area contributed by atoms with Crippen molar-refractivity contribution in [3.8, 4) is 0 Å². The highest BCUT2D eigenvalue weighted by Gasteiger charge is 2.21. The summed E-state index contributed by atoms with van der Waals surface area (Å²) < 4.78 is 6.10. The first-order valence-corrected chi connectivity index (χ1v) is 7.85. The van der Waals surface area contributed by atoms with Crippen LogP contribution >= 0.6 is 0 Å². The molecule has 0 bridgehead atoms. The number of hydrogen-bond acceptors (Lipinski definition) is 5. The van der Waals surface area contributed by atoms with Gasteiger partial charge in [0, 0.05) is 25.3 Å². The van der Waals surface area contributed by atoms with Crippen LogP contribution in [0, 0.1) is 0 Å². The number of carbonyl (C=O) groups excluding carboxylic acids is 2. The van der Waals surface area contributed by atoms with Crippen LogP contribution in [-0.2, 0) is 16.1 Å². The highest BCUT2D eigenvalue weighted by Crippen LogP contribution is 2.02. The third kappa shape index (κ3) is 6.11. The van der Waals surface area contributed by atoms with Gasteiger partial charge in [0.15, 0.2) is 0 Å². The molecule has 2 amide bonds. The first-order valence-electron chi connectivity index (χ1n) is 7.85. The summed E-state index contributed by atoms with van der Waals surface area (Å²) in [6.45, 7) is 8.26. The van der Waals surface area contributed by atoms with E-state index >= 15 is 0 Å². The molecule has 1 heterocycles. The van der Waals surface area contributed by atoms with E-state index in [0.29, 0.717) is 13.2 Å². The van der Waals surface area contributed by atoms with Crippen LogP contribution in [0.25, 0.3) is 0 Å². The summed E-state index contributed by atoms with van der Waals surface area (Å²) in [5.41, 5.74) is -0.557. The fraction of sp³-hybridized carbons (Fsp3) is 0.625. The number of ether oxygens (including phenoxy) is 1. The van der Waals surface area contributed by atoms with Crippen LogP contribution in [0.1, 0.15) is 38.2 Å². The van der Waals surface area contributed by atoms with E-state index in [1.807, 2.05) is 20.8 Å². The number of aromatic nitrogens is 2. The van der Waals surface area contributed by atoms with Gasteiger partial charge in [-0.3, -0.25) is 14.4 Å². The van der Waals surface area contributed by atoms with Crippen LogP contribution in [0.4, 0.5) is 0 Å². The Balaban J connectivity index is 2.89. The lowest BCUT2D eigenvalue weighted by molar-refractivity contribution is -0.123. The normalized spacial score (nSPS) is 11.2. The molecule has 0 spiro atoms. The molecule has 0 fully saturated rings. The van der Waals surface area contributed by atoms with Crippen molar-refractivity contribution in [2.24, 2.45) is 0 Å². The number of hydrogen-bond donors (Lipinski definition) is 1. The largest absolute Gasteiger partial charge is 0.383 e. The second-order valence-corrected chi connectivity index (χ2v) is 6.39. The summed E-state index contributed by atoms with van der Waals surface area (Å²) in [6, 6.07) is 2.66. The van der Waals surface area contributed by atoms with Crippen LogP contribution in [-0.4, -0.2) is 58.8 Å². The van der Waals surface area contributed by atoms with Crippen molar-refractivity contribution in [3.05, 3.63) is 28.2 Å². The maximum absolute atomic E-state index is 12.6. The zero-order valence-electron chi connectivity index (χ0n) is 15.0. The molecule has 8 heteroatoms. The lowest BCUT2D eigenvalue weighted by Crippen LogP contribution is -2.47. The van der Waals surface area contributed by atoms with Crippen LogP contribution in [0.15, 0.2) is 16.9 Å². The van der Waals surface area contributed by atoms with Crippen molar-refractivity contribution in [1.82, 2.24) is 20.0 Å². The molecule has 0 aliphatic carbocycles. The molecule has 0 atom stereocenters. The molecule has 0 saturated heterocycles. The standard InChI is InChI=1S/C16H26N4O4/c1-6-19(11-13(21)17-16(2,3)4)15(23)12-7-8-14(22)20(18-12)9-10-24-5/h7-8H,6,9-11H2,1-5H3,(H,17,21). The highest BCUT2D eigenvalue weighted by molar-refractivity contribution is 5.94. The van der Waals surface area contributed by atoms with Crippen LogP contribution in [0.2, 0.25) is 0 Å². The minimum absolute atomic E-state index is 0.0640. The van der Waals surface area contributed by atoms with Gasteiger partial charge in [-0.25, -0.2) is 4.68 Å². The Kier molecular flexibility index (Phi) is 7.09. The van der Waals surface area contributed by atoms with Gasteiger partial charge in [-0.05, 0) is 33.8 Å². The van der Waals surface area contributed by atoms with E-state index in [1.54, 1.807) is 6.92 Å². The van der Waals surface area contributed by atoms with Crippen molar-refractivity contribution in [2.45, 2.75) is 39.8 Å². The second kappa shape index (κ2) is 8.58. The third-order valence-corrected chi connectivity index (χ3v) is 3.11. The first-order chi connectivity index (χ1) is 11.2. The Morgan fingerprint density at radius 3 is 2.54 bits per heavy atom. The Labute approximate surface area is 141 Å². The zero-order chi connectivity index (χ0) is 18.3. The molecule has 1 N–H and O–H groups in total. The average molecular weight is 338 g/mol. The number of nitrogens with zero attached hydrogens (tertiary/aromatic N) is 3. The summed E-state index contributed by atoms with van der Waals surface area (Å²) in [7, 11) is 1.52. The SMILES string of the molecule is CCN(CC(=O)NC(C)(C)C)C(=O)c1ccc(=O)n(CCOC)n1. The molecule has 0 aromatic carbocycles. The quantitative estimate of drug-likeness (QED) is 0.770. The van der Waals surface area contributed by atoms with Crippen molar-refractivity contribution >= 4 is 11.8 Å².